The van der Waals surface area contributed by atoms with Gasteiger partial charge in [-0.15, -0.1) is 11.8 Å². The second kappa shape index (κ2) is 7.96. The third-order valence-electron chi connectivity index (χ3n) is 6.00. The second-order valence-electron chi connectivity index (χ2n) is 8.01. The predicted molar refractivity (Wildman–Crippen MR) is 120 cm³/mol. The van der Waals surface area contributed by atoms with Crippen molar-refractivity contribution in [3.05, 3.63) is 47.5 Å². The maximum absolute atomic E-state index is 13.2. The number of benzene rings is 2. The molecule has 1 fully saturated rings. The van der Waals surface area contributed by atoms with E-state index in [1.807, 2.05) is 6.07 Å². The summed E-state index contributed by atoms with van der Waals surface area (Å²) in [7, 11) is -3.50. The largest absolute Gasteiger partial charge is 0.324 e. The summed E-state index contributed by atoms with van der Waals surface area (Å²) in [5.74, 6) is 0.150. The summed E-state index contributed by atoms with van der Waals surface area (Å²) in [6.45, 7) is 1.63. The standard InChI is InChI=1S/C22H23N3O4S2/c26-21-14-30-20-7-4-16(13-18(20)23-21)22(27)25-11-8-15-12-17(5-6-19(15)25)31(28,29)24-9-2-1-3-10-24/h4-7,12-13H,1-3,8-11,14H2,(H,23,26). The molecule has 2 aromatic carbocycles. The highest BCUT2D eigenvalue weighted by Crippen LogP contribution is 2.35. The van der Waals surface area contributed by atoms with E-state index >= 15 is 0 Å². The van der Waals surface area contributed by atoms with Crippen LogP contribution in [0.15, 0.2) is 46.2 Å². The van der Waals surface area contributed by atoms with Crippen LogP contribution in [0.3, 0.4) is 0 Å². The van der Waals surface area contributed by atoms with Gasteiger partial charge in [-0.3, -0.25) is 9.59 Å². The Morgan fingerprint density at radius 2 is 1.81 bits per heavy atom. The van der Waals surface area contributed by atoms with E-state index in [2.05, 4.69) is 5.32 Å². The van der Waals surface area contributed by atoms with Gasteiger partial charge in [0.2, 0.25) is 15.9 Å². The molecule has 2 amide bonds. The van der Waals surface area contributed by atoms with E-state index < -0.39 is 10.0 Å². The van der Waals surface area contributed by atoms with Crippen molar-refractivity contribution < 1.29 is 18.0 Å². The number of sulfonamides is 1. The summed E-state index contributed by atoms with van der Waals surface area (Å²) in [4.78, 5) is 27.8. The molecule has 3 aliphatic heterocycles. The topological polar surface area (TPSA) is 86.8 Å². The van der Waals surface area contributed by atoms with Gasteiger partial charge in [-0.1, -0.05) is 6.42 Å². The quantitative estimate of drug-likeness (QED) is 0.765. The molecule has 1 saturated heterocycles. The number of thioether (sulfide) groups is 1. The van der Waals surface area contributed by atoms with E-state index in [0.29, 0.717) is 48.0 Å². The molecular weight excluding hydrogens is 434 g/mol. The van der Waals surface area contributed by atoms with Gasteiger partial charge in [0.15, 0.2) is 0 Å². The van der Waals surface area contributed by atoms with Crippen molar-refractivity contribution in [2.45, 2.75) is 35.5 Å². The molecule has 3 heterocycles. The Bertz CT molecular complexity index is 1170. The maximum atomic E-state index is 13.2. The van der Waals surface area contributed by atoms with Crippen molar-refractivity contribution in [3.63, 3.8) is 0 Å². The van der Waals surface area contributed by atoms with Gasteiger partial charge in [0.05, 0.1) is 16.3 Å². The lowest BCUT2D eigenvalue weighted by atomic mass is 10.1. The van der Waals surface area contributed by atoms with Crippen molar-refractivity contribution in [3.8, 4) is 0 Å². The maximum Gasteiger partial charge on any atom is 0.258 e. The summed E-state index contributed by atoms with van der Waals surface area (Å²) in [6, 6.07) is 10.4. The summed E-state index contributed by atoms with van der Waals surface area (Å²) < 4.78 is 27.6. The molecule has 0 spiro atoms. The first-order valence-electron chi connectivity index (χ1n) is 10.5. The molecule has 3 aliphatic rings. The predicted octanol–water partition coefficient (Wildman–Crippen LogP) is 3.11. The first-order chi connectivity index (χ1) is 14.9. The van der Waals surface area contributed by atoms with E-state index in [-0.39, 0.29) is 11.8 Å². The van der Waals surface area contributed by atoms with Gasteiger partial charge >= 0.3 is 0 Å². The van der Waals surface area contributed by atoms with Crippen LogP contribution in [0.25, 0.3) is 0 Å². The SMILES string of the molecule is O=C1CSc2ccc(C(=O)N3CCc4cc(S(=O)(=O)N5CCCCC5)ccc43)cc2N1. The summed E-state index contributed by atoms with van der Waals surface area (Å²) in [5.41, 5.74) is 2.78. The molecule has 0 bridgehead atoms. The lowest BCUT2D eigenvalue weighted by Crippen LogP contribution is -2.35. The number of hydrogen-bond acceptors (Lipinski definition) is 5. The van der Waals surface area contributed by atoms with Crippen LogP contribution in [0.1, 0.15) is 35.2 Å². The number of anilines is 2. The van der Waals surface area contributed by atoms with Gasteiger partial charge in [-0.25, -0.2) is 8.42 Å². The van der Waals surface area contributed by atoms with Crippen molar-refractivity contribution in [1.29, 1.82) is 0 Å². The van der Waals surface area contributed by atoms with E-state index in [4.69, 9.17) is 0 Å². The minimum atomic E-state index is -3.50. The molecule has 0 atom stereocenters. The Morgan fingerprint density at radius 1 is 1.00 bits per heavy atom. The molecule has 0 radical (unpaired) electrons. The average molecular weight is 458 g/mol. The molecule has 7 nitrogen and oxygen atoms in total. The molecule has 1 N–H and O–H groups in total. The monoisotopic (exact) mass is 457 g/mol. The van der Waals surface area contributed by atoms with Gasteiger partial charge < -0.3 is 10.2 Å². The van der Waals surface area contributed by atoms with E-state index in [9.17, 15) is 18.0 Å². The zero-order valence-electron chi connectivity index (χ0n) is 17.0. The number of carbonyl (C=O) groups excluding carboxylic acids is 2. The highest BCUT2D eigenvalue weighted by molar-refractivity contribution is 8.00. The molecule has 162 valence electrons. The Balaban J connectivity index is 1.40. The number of fused-ring (bicyclic) bond motifs is 2. The zero-order valence-corrected chi connectivity index (χ0v) is 18.6. The summed E-state index contributed by atoms with van der Waals surface area (Å²) in [6.07, 6.45) is 3.47. The number of amides is 2. The third-order valence-corrected chi connectivity index (χ3v) is 8.97. The smallest absolute Gasteiger partial charge is 0.258 e. The van der Waals surface area contributed by atoms with Gasteiger partial charge in [0, 0.05) is 35.8 Å². The Hall–Kier alpha value is -2.36. The summed E-state index contributed by atoms with van der Waals surface area (Å²) >= 11 is 1.46. The molecule has 0 aliphatic carbocycles. The lowest BCUT2D eigenvalue weighted by molar-refractivity contribution is -0.113. The Labute approximate surface area is 185 Å². The number of nitrogens with zero attached hydrogens (tertiary/aromatic N) is 2. The van der Waals surface area contributed by atoms with Gasteiger partial charge in [-0.2, -0.15) is 4.31 Å². The van der Waals surface area contributed by atoms with E-state index in [1.165, 1.54) is 11.8 Å². The Morgan fingerprint density at radius 3 is 2.61 bits per heavy atom. The number of carbonyl (C=O) groups is 2. The van der Waals surface area contributed by atoms with Crippen molar-refractivity contribution >= 4 is 45.0 Å². The van der Waals surface area contributed by atoms with Gasteiger partial charge in [-0.05, 0) is 61.2 Å². The van der Waals surface area contributed by atoms with Gasteiger partial charge in [0.25, 0.3) is 5.91 Å². The van der Waals surface area contributed by atoms with Crippen LogP contribution in [-0.4, -0.2) is 49.9 Å². The second-order valence-corrected chi connectivity index (χ2v) is 11.0. The van der Waals surface area contributed by atoms with Crippen molar-refractivity contribution in [2.75, 3.05) is 35.6 Å². The fourth-order valence-corrected chi connectivity index (χ4v) is 6.73. The minimum absolute atomic E-state index is 0.0731. The number of rotatable bonds is 3. The molecular formula is C22H23N3O4S2. The molecule has 9 heteroatoms. The third kappa shape index (κ3) is 3.75. The van der Waals surface area contributed by atoms with Crippen LogP contribution in [0.5, 0.6) is 0 Å². The molecule has 31 heavy (non-hydrogen) atoms. The molecule has 0 aromatic heterocycles. The first kappa shape index (κ1) is 20.5. The molecule has 5 rings (SSSR count). The van der Waals surface area contributed by atoms with E-state index in [0.717, 1.165) is 35.4 Å². The molecule has 0 unspecified atom stereocenters. The zero-order chi connectivity index (χ0) is 21.6. The lowest BCUT2D eigenvalue weighted by Gasteiger charge is -2.26. The number of piperidine rings is 1. The van der Waals surface area contributed by atoms with Crippen LogP contribution < -0.4 is 10.2 Å². The van der Waals surface area contributed by atoms with Crippen molar-refractivity contribution in [2.24, 2.45) is 0 Å². The molecule has 2 aromatic rings. The van der Waals surface area contributed by atoms with Crippen LogP contribution in [0, 0.1) is 0 Å². The highest BCUT2D eigenvalue weighted by Gasteiger charge is 2.31. The Kier molecular flexibility index (Phi) is 5.27. The fraction of sp³-hybridized carbons (Fsp3) is 0.364. The highest BCUT2D eigenvalue weighted by atomic mass is 32.2. The van der Waals surface area contributed by atoms with Gasteiger partial charge in [0.1, 0.15) is 0 Å². The fourth-order valence-electron chi connectivity index (χ4n) is 4.38. The van der Waals surface area contributed by atoms with Crippen LogP contribution in [-0.2, 0) is 21.2 Å². The van der Waals surface area contributed by atoms with Crippen LogP contribution >= 0.6 is 11.8 Å². The average Bonchev–Trinajstić information content (AvgIpc) is 3.22. The van der Waals surface area contributed by atoms with E-state index in [1.54, 1.807) is 39.5 Å². The van der Waals surface area contributed by atoms with Crippen LogP contribution in [0.4, 0.5) is 11.4 Å². The van der Waals surface area contributed by atoms with Crippen LogP contribution in [0.2, 0.25) is 0 Å². The van der Waals surface area contributed by atoms with Crippen molar-refractivity contribution in [1.82, 2.24) is 4.31 Å². The minimum Gasteiger partial charge on any atom is -0.324 e. The first-order valence-corrected chi connectivity index (χ1v) is 12.9. The molecule has 0 saturated carbocycles. The number of nitrogens with one attached hydrogen (secondary N) is 1. The number of hydrogen-bond donors (Lipinski definition) is 1. The normalized spacial score (nSPS) is 19.0. The summed E-state index contributed by atoms with van der Waals surface area (Å²) in [5, 5.41) is 2.82.